The molecular formula is C12H7BrClNO3. The molecule has 1 N–H and O–H groups in total. The SMILES string of the molecule is O=C(O)c1cncc(Oc2ccc(Cl)cc2Br)c1. The summed E-state index contributed by atoms with van der Waals surface area (Å²) < 4.78 is 6.20. The van der Waals surface area contributed by atoms with Gasteiger partial charge in [0.25, 0.3) is 0 Å². The maximum Gasteiger partial charge on any atom is 0.337 e. The summed E-state index contributed by atoms with van der Waals surface area (Å²) in [6.07, 6.45) is 2.69. The normalized spacial score (nSPS) is 10.1. The smallest absolute Gasteiger partial charge is 0.337 e. The van der Waals surface area contributed by atoms with Gasteiger partial charge in [0.05, 0.1) is 16.2 Å². The van der Waals surface area contributed by atoms with Gasteiger partial charge in [-0.15, -0.1) is 0 Å². The molecule has 2 aromatic rings. The van der Waals surface area contributed by atoms with Crippen LogP contribution < -0.4 is 4.74 Å². The van der Waals surface area contributed by atoms with Crippen LogP contribution in [0.1, 0.15) is 10.4 Å². The third kappa shape index (κ3) is 3.00. The molecule has 92 valence electrons. The monoisotopic (exact) mass is 327 g/mol. The summed E-state index contributed by atoms with van der Waals surface area (Å²) in [5, 5.41) is 9.42. The van der Waals surface area contributed by atoms with Crippen molar-refractivity contribution in [3.8, 4) is 11.5 Å². The van der Waals surface area contributed by atoms with Crippen LogP contribution in [0, 0.1) is 0 Å². The number of aromatic carboxylic acids is 1. The van der Waals surface area contributed by atoms with Crippen LogP contribution in [-0.2, 0) is 0 Å². The number of halogens is 2. The van der Waals surface area contributed by atoms with Crippen LogP contribution in [0.5, 0.6) is 11.5 Å². The lowest BCUT2D eigenvalue weighted by molar-refractivity contribution is 0.0696. The Morgan fingerprint density at radius 2 is 2.11 bits per heavy atom. The number of rotatable bonds is 3. The van der Waals surface area contributed by atoms with Gasteiger partial charge in [0.1, 0.15) is 11.5 Å². The van der Waals surface area contributed by atoms with Gasteiger partial charge in [-0.05, 0) is 40.2 Å². The fourth-order valence-electron chi connectivity index (χ4n) is 1.28. The summed E-state index contributed by atoms with van der Waals surface area (Å²) in [6.45, 7) is 0. The van der Waals surface area contributed by atoms with E-state index in [2.05, 4.69) is 20.9 Å². The minimum atomic E-state index is -1.05. The third-order valence-electron chi connectivity index (χ3n) is 2.08. The van der Waals surface area contributed by atoms with E-state index in [0.29, 0.717) is 21.0 Å². The molecule has 0 radical (unpaired) electrons. The second-order valence-corrected chi connectivity index (χ2v) is 4.68. The van der Waals surface area contributed by atoms with Gasteiger partial charge in [-0.25, -0.2) is 4.79 Å². The van der Waals surface area contributed by atoms with Crippen LogP contribution >= 0.6 is 27.5 Å². The maximum atomic E-state index is 10.8. The van der Waals surface area contributed by atoms with E-state index >= 15 is 0 Å². The van der Waals surface area contributed by atoms with Crippen LogP contribution in [0.15, 0.2) is 41.1 Å². The molecule has 1 aromatic heterocycles. The average Bonchev–Trinajstić information content (AvgIpc) is 2.33. The van der Waals surface area contributed by atoms with Crippen LogP contribution in [0.2, 0.25) is 5.02 Å². The number of carboxylic acid groups (broad SMARTS) is 1. The first kappa shape index (κ1) is 12.9. The van der Waals surface area contributed by atoms with Gasteiger partial charge in [-0.2, -0.15) is 0 Å². The largest absolute Gasteiger partial charge is 0.478 e. The molecule has 0 spiro atoms. The number of ether oxygens (including phenoxy) is 1. The average molecular weight is 329 g/mol. The Morgan fingerprint density at radius 1 is 1.33 bits per heavy atom. The fourth-order valence-corrected chi connectivity index (χ4v) is 2.04. The van der Waals surface area contributed by atoms with E-state index in [-0.39, 0.29) is 5.56 Å². The van der Waals surface area contributed by atoms with Crippen LogP contribution in [-0.4, -0.2) is 16.1 Å². The molecule has 0 saturated carbocycles. The Balaban J connectivity index is 2.28. The topological polar surface area (TPSA) is 59.4 Å². The molecule has 18 heavy (non-hydrogen) atoms. The first-order valence-electron chi connectivity index (χ1n) is 4.87. The molecule has 0 saturated heterocycles. The van der Waals surface area contributed by atoms with Gasteiger partial charge in [-0.3, -0.25) is 4.98 Å². The van der Waals surface area contributed by atoms with Gasteiger partial charge >= 0.3 is 5.97 Å². The Morgan fingerprint density at radius 3 is 2.78 bits per heavy atom. The van der Waals surface area contributed by atoms with E-state index < -0.39 is 5.97 Å². The molecule has 0 amide bonds. The van der Waals surface area contributed by atoms with Gasteiger partial charge < -0.3 is 9.84 Å². The van der Waals surface area contributed by atoms with E-state index in [1.807, 2.05) is 0 Å². The number of hydrogen-bond donors (Lipinski definition) is 1. The zero-order chi connectivity index (χ0) is 13.1. The fraction of sp³-hybridized carbons (Fsp3) is 0. The number of aromatic nitrogens is 1. The lowest BCUT2D eigenvalue weighted by Crippen LogP contribution is -1.97. The molecule has 0 fully saturated rings. The summed E-state index contributed by atoms with van der Waals surface area (Å²) in [4.78, 5) is 14.6. The molecule has 4 nitrogen and oxygen atoms in total. The Labute approximate surface area is 116 Å². The number of carboxylic acids is 1. The predicted molar refractivity (Wildman–Crippen MR) is 70.4 cm³/mol. The number of carbonyl (C=O) groups is 1. The Hall–Kier alpha value is -1.59. The minimum Gasteiger partial charge on any atom is -0.478 e. The maximum absolute atomic E-state index is 10.8. The number of pyridine rings is 1. The third-order valence-corrected chi connectivity index (χ3v) is 2.94. The van der Waals surface area contributed by atoms with Crippen molar-refractivity contribution in [3.63, 3.8) is 0 Å². The second-order valence-electron chi connectivity index (χ2n) is 3.39. The second kappa shape index (κ2) is 5.37. The van der Waals surface area contributed by atoms with Crippen molar-refractivity contribution < 1.29 is 14.6 Å². The molecule has 0 aliphatic carbocycles. The van der Waals surface area contributed by atoms with Crippen molar-refractivity contribution in [1.82, 2.24) is 4.98 Å². The Kier molecular flexibility index (Phi) is 3.84. The van der Waals surface area contributed by atoms with Gasteiger partial charge in [0, 0.05) is 11.2 Å². The molecule has 0 bridgehead atoms. The van der Waals surface area contributed by atoms with Crippen LogP contribution in [0.4, 0.5) is 0 Å². The predicted octanol–water partition coefficient (Wildman–Crippen LogP) is 3.99. The lowest BCUT2D eigenvalue weighted by atomic mass is 10.3. The summed E-state index contributed by atoms with van der Waals surface area (Å²) in [6, 6.07) is 6.44. The van der Waals surface area contributed by atoms with E-state index in [9.17, 15) is 4.79 Å². The molecule has 6 heteroatoms. The van der Waals surface area contributed by atoms with Crippen LogP contribution in [0.3, 0.4) is 0 Å². The minimum absolute atomic E-state index is 0.0672. The zero-order valence-corrected chi connectivity index (χ0v) is 11.3. The molecule has 0 unspecified atom stereocenters. The van der Waals surface area contributed by atoms with Crippen molar-refractivity contribution in [3.05, 3.63) is 51.7 Å². The standard InChI is InChI=1S/C12H7BrClNO3/c13-10-4-8(14)1-2-11(10)18-9-3-7(12(16)17)5-15-6-9/h1-6H,(H,16,17). The quantitative estimate of drug-likeness (QED) is 0.925. The lowest BCUT2D eigenvalue weighted by Gasteiger charge is -2.07. The molecule has 2 rings (SSSR count). The molecule has 0 aliphatic rings. The van der Waals surface area contributed by atoms with Gasteiger partial charge in [0.15, 0.2) is 0 Å². The Bertz CT molecular complexity index is 604. The van der Waals surface area contributed by atoms with E-state index in [4.69, 9.17) is 21.4 Å². The van der Waals surface area contributed by atoms with E-state index in [1.54, 1.807) is 18.2 Å². The highest BCUT2D eigenvalue weighted by Gasteiger charge is 2.07. The highest BCUT2D eigenvalue weighted by molar-refractivity contribution is 9.10. The first-order valence-corrected chi connectivity index (χ1v) is 6.04. The van der Waals surface area contributed by atoms with Crippen LogP contribution in [0.25, 0.3) is 0 Å². The highest BCUT2D eigenvalue weighted by Crippen LogP contribution is 2.31. The molecule has 0 aliphatic heterocycles. The van der Waals surface area contributed by atoms with Crippen molar-refractivity contribution in [2.45, 2.75) is 0 Å². The van der Waals surface area contributed by atoms with Gasteiger partial charge in [0.2, 0.25) is 0 Å². The van der Waals surface area contributed by atoms with Crippen molar-refractivity contribution >= 4 is 33.5 Å². The first-order chi connectivity index (χ1) is 8.56. The van der Waals surface area contributed by atoms with Gasteiger partial charge in [-0.1, -0.05) is 11.6 Å². The summed E-state index contributed by atoms with van der Waals surface area (Å²) in [5.41, 5.74) is 0.0672. The number of benzene rings is 1. The number of nitrogens with zero attached hydrogens (tertiary/aromatic N) is 1. The molecule has 0 atom stereocenters. The summed E-state index contributed by atoms with van der Waals surface area (Å²) >= 11 is 9.12. The van der Waals surface area contributed by atoms with Crippen molar-refractivity contribution in [1.29, 1.82) is 0 Å². The van der Waals surface area contributed by atoms with E-state index in [1.165, 1.54) is 18.5 Å². The van der Waals surface area contributed by atoms with E-state index in [0.717, 1.165) is 0 Å². The van der Waals surface area contributed by atoms with Crippen molar-refractivity contribution in [2.24, 2.45) is 0 Å². The molecular weight excluding hydrogens is 321 g/mol. The summed E-state index contributed by atoms with van der Waals surface area (Å²) in [5.74, 6) is -0.176. The molecule has 1 heterocycles. The van der Waals surface area contributed by atoms with Crippen molar-refractivity contribution in [2.75, 3.05) is 0 Å². The highest BCUT2D eigenvalue weighted by atomic mass is 79.9. The molecule has 1 aromatic carbocycles. The summed E-state index contributed by atoms with van der Waals surface area (Å²) in [7, 11) is 0. The zero-order valence-electron chi connectivity index (χ0n) is 8.93. The number of hydrogen-bond acceptors (Lipinski definition) is 3.